The normalized spacial score (nSPS) is 24.1. The monoisotopic (exact) mass is 280 g/mol. The van der Waals surface area contributed by atoms with Crippen molar-refractivity contribution < 1.29 is 9.50 Å². The van der Waals surface area contributed by atoms with E-state index in [1.165, 1.54) is 6.07 Å². The topological polar surface area (TPSA) is 35.5 Å². The molecule has 0 saturated carbocycles. The van der Waals surface area contributed by atoms with Gasteiger partial charge in [0.15, 0.2) is 0 Å². The quantitative estimate of drug-likeness (QED) is 0.870. The highest BCUT2D eigenvalue weighted by atomic mass is 19.1. The third-order valence-corrected chi connectivity index (χ3v) is 3.96. The van der Waals surface area contributed by atoms with Gasteiger partial charge in [-0.15, -0.1) is 0 Å². The minimum atomic E-state index is -0.677. The number of nitrogens with one attached hydrogen (secondary N) is 1. The molecule has 2 rings (SSSR count). The number of nitrogens with zero attached hydrogens (tertiary/aromatic N) is 1. The van der Waals surface area contributed by atoms with Crippen LogP contribution in [0.5, 0.6) is 0 Å². The van der Waals surface area contributed by atoms with Crippen LogP contribution in [0.15, 0.2) is 18.2 Å². The Morgan fingerprint density at radius 2 is 2.25 bits per heavy atom. The van der Waals surface area contributed by atoms with Crippen LogP contribution in [0.1, 0.15) is 45.2 Å². The molecule has 4 heteroatoms. The molecular formula is C16H25FN2O. The van der Waals surface area contributed by atoms with E-state index in [4.69, 9.17) is 0 Å². The van der Waals surface area contributed by atoms with Gasteiger partial charge in [-0.3, -0.25) is 0 Å². The minimum absolute atomic E-state index is 0.0308. The molecule has 2 N–H and O–H groups in total. The predicted molar refractivity (Wildman–Crippen MR) is 80.6 cm³/mol. The first-order valence-electron chi connectivity index (χ1n) is 7.44. The van der Waals surface area contributed by atoms with Gasteiger partial charge in [0.25, 0.3) is 0 Å². The van der Waals surface area contributed by atoms with Crippen molar-refractivity contribution in [1.82, 2.24) is 5.32 Å². The predicted octanol–water partition coefficient (Wildman–Crippen LogP) is 2.85. The number of β-amino-alcohol motifs (C(OH)–C–C–N with tert-alkyl or cyclic N) is 1. The van der Waals surface area contributed by atoms with Crippen molar-refractivity contribution >= 4 is 5.69 Å². The maximum atomic E-state index is 14.2. The average Bonchev–Trinajstić information content (AvgIpc) is 2.76. The zero-order chi connectivity index (χ0) is 14.8. The van der Waals surface area contributed by atoms with Gasteiger partial charge in [-0.05, 0) is 45.4 Å². The Hall–Kier alpha value is -1.13. The lowest BCUT2D eigenvalue weighted by molar-refractivity contribution is 0.0839. The summed E-state index contributed by atoms with van der Waals surface area (Å²) < 4.78 is 14.2. The van der Waals surface area contributed by atoms with Gasteiger partial charge in [-0.1, -0.05) is 13.0 Å². The summed E-state index contributed by atoms with van der Waals surface area (Å²) in [7, 11) is 0. The zero-order valence-electron chi connectivity index (χ0n) is 12.6. The van der Waals surface area contributed by atoms with Crippen LogP contribution in [0.2, 0.25) is 0 Å². The van der Waals surface area contributed by atoms with Crippen molar-refractivity contribution in [3.63, 3.8) is 0 Å². The van der Waals surface area contributed by atoms with E-state index in [1.54, 1.807) is 6.07 Å². The number of hydrogen-bond donors (Lipinski definition) is 2. The van der Waals surface area contributed by atoms with Gasteiger partial charge >= 0.3 is 0 Å². The molecule has 0 radical (unpaired) electrons. The Morgan fingerprint density at radius 3 is 2.85 bits per heavy atom. The highest BCUT2D eigenvalue weighted by Gasteiger charge is 2.33. The minimum Gasteiger partial charge on any atom is -0.388 e. The first kappa shape index (κ1) is 15.3. The van der Waals surface area contributed by atoms with E-state index in [0.29, 0.717) is 12.1 Å². The molecule has 3 nitrogen and oxygen atoms in total. The number of anilines is 1. The van der Waals surface area contributed by atoms with E-state index in [2.05, 4.69) is 17.1 Å². The van der Waals surface area contributed by atoms with Crippen molar-refractivity contribution in [2.24, 2.45) is 0 Å². The summed E-state index contributed by atoms with van der Waals surface area (Å²) in [6.07, 6.45) is 1.74. The summed E-state index contributed by atoms with van der Waals surface area (Å²) in [5.74, 6) is -0.176. The molecule has 0 bridgehead atoms. The fraction of sp³-hybridized carbons (Fsp3) is 0.625. The van der Waals surface area contributed by atoms with Crippen molar-refractivity contribution in [2.75, 3.05) is 24.5 Å². The maximum Gasteiger partial charge on any atom is 0.130 e. The molecule has 0 aromatic heterocycles. The molecule has 112 valence electrons. The first-order valence-corrected chi connectivity index (χ1v) is 7.44. The van der Waals surface area contributed by atoms with Gasteiger partial charge < -0.3 is 15.3 Å². The second-order valence-corrected chi connectivity index (χ2v) is 6.02. The molecule has 1 saturated heterocycles. The summed E-state index contributed by atoms with van der Waals surface area (Å²) in [6, 6.07) is 5.17. The number of rotatable bonds is 5. The molecule has 2 unspecified atom stereocenters. The largest absolute Gasteiger partial charge is 0.388 e. The Balaban J connectivity index is 2.27. The van der Waals surface area contributed by atoms with Crippen LogP contribution in [0.3, 0.4) is 0 Å². The van der Waals surface area contributed by atoms with Crippen LogP contribution in [0.25, 0.3) is 0 Å². The van der Waals surface area contributed by atoms with E-state index in [-0.39, 0.29) is 11.9 Å². The molecule has 1 aliphatic rings. The highest BCUT2D eigenvalue weighted by Crippen LogP contribution is 2.33. The molecule has 2 atom stereocenters. The Morgan fingerprint density at radius 1 is 1.50 bits per heavy atom. The Labute approximate surface area is 120 Å². The van der Waals surface area contributed by atoms with Gasteiger partial charge in [0.1, 0.15) is 5.82 Å². The zero-order valence-corrected chi connectivity index (χ0v) is 12.6. The van der Waals surface area contributed by atoms with Crippen LogP contribution in [-0.2, 0) is 0 Å². The van der Waals surface area contributed by atoms with Gasteiger partial charge in [-0.2, -0.15) is 0 Å². The number of aliphatic hydroxyl groups is 1. The maximum absolute atomic E-state index is 14.2. The highest BCUT2D eigenvalue weighted by molar-refractivity contribution is 5.56. The lowest BCUT2D eigenvalue weighted by Gasteiger charge is -2.26. The van der Waals surface area contributed by atoms with Gasteiger partial charge in [-0.25, -0.2) is 4.39 Å². The molecule has 1 aliphatic heterocycles. The van der Waals surface area contributed by atoms with E-state index in [1.807, 2.05) is 19.9 Å². The summed E-state index contributed by atoms with van der Waals surface area (Å²) in [5.41, 5.74) is 0.932. The fourth-order valence-corrected chi connectivity index (χ4v) is 2.84. The summed E-state index contributed by atoms with van der Waals surface area (Å²) >= 11 is 0. The molecule has 0 spiro atoms. The van der Waals surface area contributed by atoms with Gasteiger partial charge in [0, 0.05) is 30.4 Å². The molecule has 1 aromatic rings. The second kappa shape index (κ2) is 6.10. The lowest BCUT2D eigenvalue weighted by Crippen LogP contribution is -2.31. The van der Waals surface area contributed by atoms with E-state index in [9.17, 15) is 9.50 Å². The molecule has 0 amide bonds. The summed E-state index contributed by atoms with van der Waals surface area (Å²) in [4.78, 5) is 2.09. The lowest BCUT2D eigenvalue weighted by atomic mass is 10.0. The molecule has 1 fully saturated rings. The molecule has 1 aromatic carbocycles. The van der Waals surface area contributed by atoms with Gasteiger partial charge in [0.2, 0.25) is 0 Å². The molecule has 1 heterocycles. The number of halogens is 1. The number of hydrogen-bond acceptors (Lipinski definition) is 3. The summed E-state index contributed by atoms with van der Waals surface area (Å²) in [6.45, 7) is 8.12. The van der Waals surface area contributed by atoms with Crippen molar-refractivity contribution in [3.8, 4) is 0 Å². The van der Waals surface area contributed by atoms with Crippen LogP contribution in [0.4, 0.5) is 10.1 Å². The third-order valence-electron chi connectivity index (χ3n) is 3.96. The van der Waals surface area contributed by atoms with Crippen LogP contribution in [0, 0.1) is 5.82 Å². The van der Waals surface area contributed by atoms with Gasteiger partial charge in [0.05, 0.1) is 5.60 Å². The second-order valence-electron chi connectivity index (χ2n) is 6.02. The first-order chi connectivity index (χ1) is 9.44. The smallest absolute Gasteiger partial charge is 0.130 e. The molecule has 0 aliphatic carbocycles. The average molecular weight is 280 g/mol. The third kappa shape index (κ3) is 3.30. The molecular weight excluding hydrogens is 255 g/mol. The number of benzene rings is 1. The Bertz CT molecular complexity index is 462. The Kier molecular flexibility index (Phi) is 4.66. The fourth-order valence-electron chi connectivity index (χ4n) is 2.84. The van der Waals surface area contributed by atoms with Crippen molar-refractivity contribution in [3.05, 3.63) is 29.6 Å². The van der Waals surface area contributed by atoms with Crippen molar-refractivity contribution in [1.29, 1.82) is 0 Å². The van der Waals surface area contributed by atoms with Crippen molar-refractivity contribution in [2.45, 2.75) is 45.3 Å². The van der Waals surface area contributed by atoms with E-state index in [0.717, 1.165) is 31.6 Å². The van der Waals surface area contributed by atoms with E-state index >= 15 is 0 Å². The van der Waals surface area contributed by atoms with Crippen LogP contribution in [-0.4, -0.2) is 30.3 Å². The van der Waals surface area contributed by atoms with Crippen LogP contribution >= 0.6 is 0 Å². The molecule has 20 heavy (non-hydrogen) atoms. The van der Waals surface area contributed by atoms with Crippen LogP contribution < -0.4 is 10.2 Å². The summed E-state index contributed by atoms with van der Waals surface area (Å²) in [5, 5.41) is 13.5. The SMILES string of the molecule is CCCNC(C)c1c(F)cccc1N1CCC(C)(O)C1. The van der Waals surface area contributed by atoms with E-state index < -0.39 is 5.60 Å². The standard InChI is InChI=1S/C16H25FN2O/c1-4-9-18-12(2)15-13(17)6-5-7-14(15)19-10-8-16(3,20)11-19/h5-7,12,18,20H,4,8-11H2,1-3H3.